The van der Waals surface area contributed by atoms with E-state index >= 15 is 0 Å². The van der Waals surface area contributed by atoms with Crippen molar-refractivity contribution in [3.8, 4) is 0 Å². The van der Waals surface area contributed by atoms with E-state index in [1.807, 2.05) is 0 Å². The van der Waals surface area contributed by atoms with Crippen LogP contribution < -0.4 is 11.3 Å². The largest absolute Gasteiger partial charge is 0.375 e. The van der Waals surface area contributed by atoms with Gasteiger partial charge in [-0.05, 0) is 49.6 Å². The molecule has 3 rings (SSSR count). The van der Waals surface area contributed by atoms with Crippen molar-refractivity contribution in [3.05, 3.63) is 10.6 Å². The first-order chi connectivity index (χ1) is 9.95. The Bertz CT molecular complexity index is 492. The van der Waals surface area contributed by atoms with E-state index in [4.69, 9.17) is 10.6 Å². The Morgan fingerprint density at radius 2 is 2.19 bits per heavy atom. The average Bonchev–Trinajstić information content (AvgIpc) is 2.87. The molecule has 1 aliphatic carbocycles. The van der Waals surface area contributed by atoms with Crippen molar-refractivity contribution in [2.24, 2.45) is 11.8 Å². The van der Waals surface area contributed by atoms with Crippen LogP contribution in [-0.4, -0.2) is 21.8 Å². The Kier molecular flexibility index (Phi) is 4.07. The SMILES string of the molecule is CC(C)(C)c1nnsc1C(NN)C1CCOC2(CCC2)C1. The van der Waals surface area contributed by atoms with Crippen LogP contribution in [0.1, 0.15) is 69.5 Å². The molecule has 2 aliphatic rings. The van der Waals surface area contributed by atoms with E-state index in [2.05, 4.69) is 35.8 Å². The Balaban J connectivity index is 1.83. The normalized spacial score (nSPS) is 26.6. The molecular formula is C15H26N4OS. The minimum absolute atomic E-state index is 0.00322. The summed E-state index contributed by atoms with van der Waals surface area (Å²) in [6, 6.07) is 0.139. The number of nitrogens with two attached hydrogens (primary N) is 1. The molecule has 0 bridgehead atoms. The highest BCUT2D eigenvalue weighted by molar-refractivity contribution is 7.05. The minimum Gasteiger partial charge on any atom is -0.375 e. The van der Waals surface area contributed by atoms with Crippen LogP contribution in [0.3, 0.4) is 0 Å². The first-order valence-electron chi connectivity index (χ1n) is 7.88. The van der Waals surface area contributed by atoms with Crippen LogP contribution in [0, 0.1) is 5.92 Å². The molecule has 1 spiro atoms. The molecule has 2 atom stereocenters. The van der Waals surface area contributed by atoms with Gasteiger partial charge in [0.2, 0.25) is 0 Å². The number of hydrogen-bond donors (Lipinski definition) is 2. The molecule has 1 saturated carbocycles. The van der Waals surface area contributed by atoms with E-state index in [0.717, 1.165) is 25.1 Å². The van der Waals surface area contributed by atoms with Crippen molar-refractivity contribution in [1.82, 2.24) is 15.0 Å². The van der Waals surface area contributed by atoms with E-state index in [9.17, 15) is 0 Å². The second-order valence-electron chi connectivity index (χ2n) is 7.52. The number of hydrazine groups is 1. The van der Waals surface area contributed by atoms with Gasteiger partial charge in [-0.3, -0.25) is 11.3 Å². The van der Waals surface area contributed by atoms with E-state index < -0.39 is 0 Å². The average molecular weight is 310 g/mol. The van der Waals surface area contributed by atoms with Crippen LogP contribution >= 0.6 is 11.5 Å². The summed E-state index contributed by atoms with van der Waals surface area (Å²) in [5.74, 6) is 6.42. The standard InChI is InChI=1S/C15H26N4OS/c1-14(2,3)13-12(21-19-18-13)11(17-16)10-5-8-20-15(9-10)6-4-7-15/h10-11,17H,4-9,16H2,1-3H3. The zero-order chi connectivity index (χ0) is 15.1. The quantitative estimate of drug-likeness (QED) is 0.663. The molecule has 2 fully saturated rings. The molecule has 21 heavy (non-hydrogen) atoms. The fourth-order valence-electron chi connectivity index (χ4n) is 3.62. The molecule has 1 aromatic heterocycles. The first kappa shape index (κ1) is 15.3. The highest BCUT2D eigenvalue weighted by atomic mass is 32.1. The molecule has 118 valence electrons. The summed E-state index contributed by atoms with van der Waals surface area (Å²) in [5.41, 5.74) is 4.25. The summed E-state index contributed by atoms with van der Waals surface area (Å²) in [4.78, 5) is 1.20. The lowest BCUT2D eigenvalue weighted by Gasteiger charge is -2.48. The fourth-order valence-corrected chi connectivity index (χ4v) is 4.63. The summed E-state index contributed by atoms with van der Waals surface area (Å²) >= 11 is 1.48. The van der Waals surface area contributed by atoms with Crippen molar-refractivity contribution in [1.29, 1.82) is 0 Å². The van der Waals surface area contributed by atoms with Crippen molar-refractivity contribution in [3.63, 3.8) is 0 Å². The van der Waals surface area contributed by atoms with Crippen molar-refractivity contribution in [2.45, 2.75) is 69.9 Å². The van der Waals surface area contributed by atoms with Crippen molar-refractivity contribution >= 4 is 11.5 Å². The van der Waals surface area contributed by atoms with Gasteiger partial charge >= 0.3 is 0 Å². The van der Waals surface area contributed by atoms with E-state index in [1.54, 1.807) is 0 Å². The number of aromatic nitrogens is 2. The monoisotopic (exact) mass is 310 g/mol. The maximum Gasteiger partial charge on any atom is 0.0857 e. The fraction of sp³-hybridized carbons (Fsp3) is 0.867. The van der Waals surface area contributed by atoms with Gasteiger partial charge in [-0.1, -0.05) is 25.3 Å². The summed E-state index contributed by atoms with van der Waals surface area (Å²) in [7, 11) is 0. The van der Waals surface area contributed by atoms with Gasteiger partial charge in [0.1, 0.15) is 0 Å². The molecule has 0 radical (unpaired) electrons. The maximum atomic E-state index is 6.04. The molecule has 2 heterocycles. The third-order valence-corrected chi connectivity index (χ3v) is 5.76. The first-order valence-corrected chi connectivity index (χ1v) is 8.65. The van der Waals surface area contributed by atoms with Gasteiger partial charge in [0.05, 0.1) is 22.2 Å². The van der Waals surface area contributed by atoms with Gasteiger partial charge in [-0.2, -0.15) is 0 Å². The lowest BCUT2D eigenvalue weighted by molar-refractivity contribution is -0.147. The van der Waals surface area contributed by atoms with Crippen molar-refractivity contribution < 1.29 is 4.74 Å². The summed E-state index contributed by atoms with van der Waals surface area (Å²) < 4.78 is 10.2. The summed E-state index contributed by atoms with van der Waals surface area (Å²) in [5, 5.41) is 4.36. The second-order valence-corrected chi connectivity index (χ2v) is 8.30. The number of nitrogens with zero attached hydrogens (tertiary/aromatic N) is 2. The molecule has 0 aromatic carbocycles. The smallest absolute Gasteiger partial charge is 0.0857 e. The number of nitrogens with one attached hydrogen (secondary N) is 1. The predicted molar refractivity (Wildman–Crippen MR) is 83.9 cm³/mol. The predicted octanol–water partition coefficient (Wildman–Crippen LogP) is 2.69. The third kappa shape index (κ3) is 2.86. The molecule has 6 heteroatoms. The van der Waals surface area contributed by atoms with Crippen LogP contribution in [0.4, 0.5) is 0 Å². The Morgan fingerprint density at radius 1 is 1.43 bits per heavy atom. The molecular weight excluding hydrogens is 284 g/mol. The Hall–Kier alpha value is -0.560. The van der Waals surface area contributed by atoms with E-state index in [-0.39, 0.29) is 17.1 Å². The number of ether oxygens (including phenoxy) is 1. The van der Waals surface area contributed by atoms with Gasteiger partial charge in [-0.15, -0.1) is 5.10 Å². The summed E-state index contributed by atoms with van der Waals surface area (Å²) in [6.07, 6.45) is 5.85. The second kappa shape index (κ2) is 5.57. The molecule has 5 nitrogen and oxygen atoms in total. The molecule has 1 aliphatic heterocycles. The van der Waals surface area contributed by atoms with Crippen LogP contribution in [0.2, 0.25) is 0 Å². The zero-order valence-corrected chi connectivity index (χ0v) is 14.0. The van der Waals surface area contributed by atoms with Gasteiger partial charge in [0.25, 0.3) is 0 Å². The Labute approximate surface area is 130 Å². The van der Waals surface area contributed by atoms with Gasteiger partial charge in [0, 0.05) is 12.0 Å². The van der Waals surface area contributed by atoms with Gasteiger partial charge in [0.15, 0.2) is 0 Å². The number of rotatable bonds is 3. The minimum atomic E-state index is -0.00322. The number of hydrogen-bond acceptors (Lipinski definition) is 6. The highest BCUT2D eigenvalue weighted by Crippen LogP contribution is 2.48. The van der Waals surface area contributed by atoms with Crippen LogP contribution in [0.5, 0.6) is 0 Å². The van der Waals surface area contributed by atoms with E-state index in [0.29, 0.717) is 5.92 Å². The lowest BCUT2D eigenvalue weighted by Crippen LogP contribution is -2.48. The van der Waals surface area contributed by atoms with Crippen LogP contribution in [-0.2, 0) is 10.2 Å². The molecule has 3 N–H and O–H groups in total. The van der Waals surface area contributed by atoms with E-state index in [1.165, 1.54) is 35.7 Å². The molecule has 1 aromatic rings. The van der Waals surface area contributed by atoms with Gasteiger partial charge < -0.3 is 4.74 Å². The van der Waals surface area contributed by atoms with Gasteiger partial charge in [-0.25, -0.2) is 0 Å². The highest BCUT2D eigenvalue weighted by Gasteiger charge is 2.45. The molecule has 2 unspecified atom stereocenters. The zero-order valence-electron chi connectivity index (χ0n) is 13.2. The van der Waals surface area contributed by atoms with Crippen LogP contribution in [0.15, 0.2) is 0 Å². The molecule has 0 amide bonds. The van der Waals surface area contributed by atoms with Crippen LogP contribution in [0.25, 0.3) is 0 Å². The Morgan fingerprint density at radius 3 is 2.76 bits per heavy atom. The summed E-state index contributed by atoms with van der Waals surface area (Å²) in [6.45, 7) is 7.38. The molecule has 1 saturated heterocycles. The maximum absolute atomic E-state index is 6.04. The lowest BCUT2D eigenvalue weighted by atomic mass is 9.70. The topological polar surface area (TPSA) is 73.1 Å². The third-order valence-electron chi connectivity index (χ3n) is 4.95. The van der Waals surface area contributed by atoms with Crippen molar-refractivity contribution in [2.75, 3.05) is 6.61 Å².